The highest BCUT2D eigenvalue weighted by molar-refractivity contribution is 8.13. The number of halogens is 1. The van der Waals surface area contributed by atoms with Crippen molar-refractivity contribution in [1.29, 1.82) is 0 Å². The molecule has 2 aromatic carbocycles. The summed E-state index contributed by atoms with van der Waals surface area (Å²) in [5, 5.41) is 6.77. The predicted molar refractivity (Wildman–Crippen MR) is 98.2 cm³/mol. The second-order valence-corrected chi connectivity index (χ2v) is 7.29. The molecule has 0 radical (unpaired) electrons. The summed E-state index contributed by atoms with van der Waals surface area (Å²) in [6.45, 7) is 1.37. The van der Waals surface area contributed by atoms with Crippen LogP contribution in [0.5, 0.6) is 0 Å². The topological polar surface area (TPSA) is 53.5 Å². The van der Waals surface area contributed by atoms with Crippen molar-refractivity contribution >= 4 is 22.8 Å². The average Bonchev–Trinajstić information content (AvgIpc) is 3.07. The van der Waals surface area contributed by atoms with Gasteiger partial charge in [-0.1, -0.05) is 48.2 Å². The van der Waals surface area contributed by atoms with Gasteiger partial charge in [0, 0.05) is 35.9 Å². The highest BCUT2D eigenvalue weighted by Crippen LogP contribution is 2.43. The van der Waals surface area contributed by atoms with E-state index < -0.39 is 5.54 Å². The van der Waals surface area contributed by atoms with Crippen LogP contribution in [0.2, 0.25) is 0 Å². The normalized spacial score (nSPS) is 25.2. The Kier molecular flexibility index (Phi) is 4.31. The van der Waals surface area contributed by atoms with Crippen molar-refractivity contribution < 1.29 is 9.18 Å². The lowest BCUT2D eigenvalue weighted by Crippen LogP contribution is -2.43. The van der Waals surface area contributed by atoms with Gasteiger partial charge in [-0.2, -0.15) is 0 Å². The number of nitrogens with zero attached hydrogens (tertiary/aromatic N) is 1. The summed E-state index contributed by atoms with van der Waals surface area (Å²) in [6, 6.07) is 15.8. The summed E-state index contributed by atoms with van der Waals surface area (Å²) >= 11 is 1.52. The van der Waals surface area contributed by atoms with E-state index in [0.29, 0.717) is 22.8 Å². The smallest absolute Gasteiger partial charge is 0.257 e. The molecule has 2 unspecified atom stereocenters. The minimum atomic E-state index is -0.657. The quantitative estimate of drug-likeness (QED) is 0.871. The molecular formula is C19H18FN3OS. The SMILES string of the molecule is O=C(NC1=NC2(c3ccccc3F)CNCC2CS1)c1ccccc1. The van der Waals surface area contributed by atoms with Crippen LogP contribution in [0.4, 0.5) is 4.39 Å². The van der Waals surface area contributed by atoms with Crippen LogP contribution in [0.15, 0.2) is 59.6 Å². The Labute approximate surface area is 149 Å². The number of carbonyl (C=O) groups excluding carboxylic acids is 1. The molecule has 2 aliphatic heterocycles. The zero-order valence-corrected chi connectivity index (χ0v) is 14.4. The van der Waals surface area contributed by atoms with E-state index >= 15 is 0 Å². The number of amidine groups is 1. The molecule has 4 rings (SSSR count). The first-order valence-corrected chi connectivity index (χ1v) is 9.22. The number of carbonyl (C=O) groups is 1. The van der Waals surface area contributed by atoms with Crippen LogP contribution < -0.4 is 10.6 Å². The van der Waals surface area contributed by atoms with Crippen molar-refractivity contribution in [3.63, 3.8) is 0 Å². The second-order valence-electron chi connectivity index (χ2n) is 6.28. The summed E-state index contributed by atoms with van der Waals surface area (Å²) in [5.74, 6) is 0.544. The summed E-state index contributed by atoms with van der Waals surface area (Å²) in [7, 11) is 0. The van der Waals surface area contributed by atoms with Gasteiger partial charge in [-0.05, 0) is 18.2 Å². The summed E-state index contributed by atoms with van der Waals surface area (Å²) < 4.78 is 14.5. The molecule has 128 valence electrons. The molecule has 4 nitrogen and oxygen atoms in total. The zero-order valence-electron chi connectivity index (χ0n) is 13.5. The molecule has 1 amide bonds. The maximum atomic E-state index is 14.5. The monoisotopic (exact) mass is 355 g/mol. The largest absolute Gasteiger partial charge is 0.314 e. The van der Waals surface area contributed by atoms with Gasteiger partial charge >= 0.3 is 0 Å². The Morgan fingerprint density at radius 3 is 2.76 bits per heavy atom. The number of hydrogen-bond donors (Lipinski definition) is 2. The lowest BCUT2D eigenvalue weighted by molar-refractivity contribution is 0.0977. The molecule has 25 heavy (non-hydrogen) atoms. The Balaban J connectivity index is 1.67. The van der Waals surface area contributed by atoms with E-state index in [4.69, 9.17) is 4.99 Å². The molecule has 2 aromatic rings. The van der Waals surface area contributed by atoms with Gasteiger partial charge in [0.2, 0.25) is 0 Å². The maximum Gasteiger partial charge on any atom is 0.257 e. The average molecular weight is 355 g/mol. The van der Waals surface area contributed by atoms with Crippen molar-refractivity contribution in [3.8, 4) is 0 Å². The maximum absolute atomic E-state index is 14.5. The first kappa shape index (κ1) is 16.3. The Hall–Kier alpha value is -2.18. The van der Waals surface area contributed by atoms with Crippen LogP contribution in [0, 0.1) is 11.7 Å². The first-order chi connectivity index (χ1) is 12.2. The van der Waals surface area contributed by atoms with Gasteiger partial charge in [0.05, 0.1) is 0 Å². The molecule has 0 bridgehead atoms. The predicted octanol–water partition coefficient (Wildman–Crippen LogP) is 2.77. The molecule has 6 heteroatoms. The van der Waals surface area contributed by atoms with Gasteiger partial charge in [-0.15, -0.1) is 0 Å². The Bertz CT molecular complexity index is 826. The van der Waals surface area contributed by atoms with E-state index in [-0.39, 0.29) is 17.6 Å². The summed E-state index contributed by atoms with van der Waals surface area (Å²) in [5.41, 5.74) is 0.518. The molecule has 2 N–H and O–H groups in total. The molecule has 2 aliphatic rings. The second kappa shape index (κ2) is 6.61. The molecule has 0 spiro atoms. The lowest BCUT2D eigenvalue weighted by atomic mass is 9.81. The van der Waals surface area contributed by atoms with Gasteiger partial charge in [0.15, 0.2) is 5.17 Å². The number of hydrogen-bond acceptors (Lipinski definition) is 4. The van der Waals surface area contributed by atoms with Crippen LogP contribution in [0.3, 0.4) is 0 Å². The number of benzene rings is 2. The van der Waals surface area contributed by atoms with Crippen LogP contribution in [0.25, 0.3) is 0 Å². The molecule has 1 saturated heterocycles. The fraction of sp³-hybridized carbons (Fsp3) is 0.263. The number of amides is 1. The van der Waals surface area contributed by atoms with E-state index in [2.05, 4.69) is 10.6 Å². The number of nitrogens with one attached hydrogen (secondary N) is 2. The minimum Gasteiger partial charge on any atom is -0.314 e. The standard InChI is InChI=1S/C19H18FN3OS/c20-16-9-5-4-8-15(16)19-12-21-10-14(19)11-25-18(23-19)22-17(24)13-6-2-1-3-7-13/h1-9,14,21H,10-12H2,(H,22,23,24). The molecule has 2 heterocycles. The van der Waals surface area contributed by atoms with Crippen molar-refractivity contribution in [1.82, 2.24) is 10.6 Å². The number of aliphatic imine (C=N–C) groups is 1. The van der Waals surface area contributed by atoms with Crippen molar-refractivity contribution in [2.24, 2.45) is 10.9 Å². The van der Waals surface area contributed by atoms with Gasteiger partial charge in [-0.3, -0.25) is 4.79 Å². The molecule has 0 aliphatic carbocycles. The summed E-state index contributed by atoms with van der Waals surface area (Å²) in [6.07, 6.45) is 0. The molecule has 1 fully saturated rings. The van der Waals surface area contributed by atoms with E-state index in [0.717, 1.165) is 12.3 Å². The lowest BCUT2D eigenvalue weighted by Gasteiger charge is -2.35. The van der Waals surface area contributed by atoms with Crippen molar-refractivity contribution in [3.05, 3.63) is 71.5 Å². The van der Waals surface area contributed by atoms with Crippen molar-refractivity contribution in [2.45, 2.75) is 5.54 Å². The Morgan fingerprint density at radius 1 is 1.20 bits per heavy atom. The minimum absolute atomic E-state index is 0.195. The zero-order chi connectivity index (χ0) is 17.3. The van der Waals surface area contributed by atoms with Gasteiger partial charge in [0.1, 0.15) is 11.4 Å². The third-order valence-electron chi connectivity index (χ3n) is 4.78. The number of fused-ring (bicyclic) bond motifs is 1. The fourth-order valence-corrected chi connectivity index (χ4v) is 4.63. The fourth-order valence-electron chi connectivity index (χ4n) is 3.48. The number of thioether (sulfide) groups is 1. The van der Waals surface area contributed by atoms with E-state index in [1.165, 1.54) is 17.8 Å². The Morgan fingerprint density at radius 2 is 1.96 bits per heavy atom. The van der Waals surface area contributed by atoms with Gasteiger partial charge in [0.25, 0.3) is 5.91 Å². The first-order valence-electron chi connectivity index (χ1n) is 8.24. The van der Waals surface area contributed by atoms with Gasteiger partial charge < -0.3 is 10.6 Å². The van der Waals surface area contributed by atoms with E-state index in [1.807, 2.05) is 24.3 Å². The molecule has 0 saturated carbocycles. The molecule has 0 aromatic heterocycles. The van der Waals surface area contributed by atoms with Gasteiger partial charge in [-0.25, -0.2) is 9.38 Å². The molecule has 2 atom stereocenters. The van der Waals surface area contributed by atoms with Crippen molar-refractivity contribution in [2.75, 3.05) is 18.8 Å². The van der Waals surface area contributed by atoms with E-state index in [1.54, 1.807) is 24.3 Å². The van der Waals surface area contributed by atoms with E-state index in [9.17, 15) is 9.18 Å². The highest BCUT2D eigenvalue weighted by atomic mass is 32.2. The number of rotatable bonds is 2. The van der Waals surface area contributed by atoms with Crippen LogP contribution in [-0.2, 0) is 5.54 Å². The third-order valence-corrected chi connectivity index (χ3v) is 5.82. The van der Waals surface area contributed by atoms with Crippen LogP contribution >= 0.6 is 11.8 Å². The highest BCUT2D eigenvalue weighted by Gasteiger charge is 2.48. The van der Waals surface area contributed by atoms with Crippen LogP contribution in [-0.4, -0.2) is 29.9 Å². The van der Waals surface area contributed by atoms with Crippen LogP contribution in [0.1, 0.15) is 15.9 Å². The third kappa shape index (κ3) is 2.96. The summed E-state index contributed by atoms with van der Waals surface area (Å²) in [4.78, 5) is 17.2. The molecular weight excluding hydrogens is 337 g/mol.